The van der Waals surface area contributed by atoms with Crippen LogP contribution in [0.15, 0.2) is 48.5 Å². The van der Waals surface area contributed by atoms with Gasteiger partial charge in [0.15, 0.2) is 0 Å². The summed E-state index contributed by atoms with van der Waals surface area (Å²) in [5.41, 5.74) is 2.04. The third-order valence-corrected chi connectivity index (χ3v) is 4.45. The van der Waals surface area contributed by atoms with Gasteiger partial charge in [0.2, 0.25) is 0 Å². The molecule has 7 heteroatoms. The van der Waals surface area contributed by atoms with Gasteiger partial charge in [-0.25, -0.2) is 13.8 Å². The Morgan fingerprint density at radius 3 is 2.73 bits per heavy atom. The van der Waals surface area contributed by atoms with Gasteiger partial charge in [0.25, 0.3) is 5.91 Å². The van der Waals surface area contributed by atoms with Crippen LogP contribution >= 0.6 is 0 Å². The minimum atomic E-state index is -1.27. The quantitative estimate of drug-likeness (QED) is 0.781. The van der Waals surface area contributed by atoms with Crippen molar-refractivity contribution in [3.05, 3.63) is 65.7 Å². The number of imidazole rings is 1. The minimum Gasteiger partial charge on any atom is -0.365 e. The molecule has 0 unspecified atom stereocenters. The topological polar surface area (TPSA) is 58.2 Å². The van der Waals surface area contributed by atoms with Crippen molar-refractivity contribution in [1.29, 1.82) is 0 Å². The molecular formula is C19H17F2N3O2. The Labute approximate surface area is 148 Å². The maximum atomic E-state index is 14.3. The van der Waals surface area contributed by atoms with E-state index in [0.29, 0.717) is 11.4 Å². The summed E-state index contributed by atoms with van der Waals surface area (Å²) < 4.78 is 32.9. The molecule has 2 atom stereocenters. The van der Waals surface area contributed by atoms with Crippen molar-refractivity contribution < 1.29 is 18.3 Å². The van der Waals surface area contributed by atoms with Crippen LogP contribution in [0.2, 0.25) is 0 Å². The summed E-state index contributed by atoms with van der Waals surface area (Å²) in [5.74, 6) is -0.136. The Morgan fingerprint density at radius 1 is 1.19 bits per heavy atom. The monoisotopic (exact) mass is 357 g/mol. The molecule has 1 amide bonds. The highest BCUT2D eigenvalue weighted by Crippen LogP contribution is 2.21. The number of aromatic nitrogens is 2. The lowest BCUT2D eigenvalue weighted by Gasteiger charge is -2.16. The van der Waals surface area contributed by atoms with Crippen LogP contribution in [0.25, 0.3) is 11.0 Å². The molecule has 0 spiro atoms. The molecule has 1 aliphatic rings. The number of nitrogens with zero attached hydrogens (tertiary/aromatic N) is 2. The van der Waals surface area contributed by atoms with Crippen molar-refractivity contribution in [2.45, 2.75) is 18.9 Å². The van der Waals surface area contributed by atoms with Gasteiger partial charge in [-0.3, -0.25) is 4.79 Å². The molecule has 0 saturated carbocycles. The highest BCUT2D eigenvalue weighted by atomic mass is 19.1. The first-order valence-electron chi connectivity index (χ1n) is 8.34. The van der Waals surface area contributed by atoms with Crippen molar-refractivity contribution in [2.24, 2.45) is 0 Å². The Kier molecular flexibility index (Phi) is 4.38. The fourth-order valence-electron chi connectivity index (χ4n) is 3.09. The van der Waals surface area contributed by atoms with Gasteiger partial charge >= 0.3 is 0 Å². The lowest BCUT2D eigenvalue weighted by molar-refractivity contribution is 0.00887. The van der Waals surface area contributed by atoms with E-state index in [0.717, 1.165) is 11.0 Å². The number of fused-ring (bicyclic) bond motifs is 1. The summed E-state index contributed by atoms with van der Waals surface area (Å²) in [4.78, 5) is 21.3. The van der Waals surface area contributed by atoms with Gasteiger partial charge in [-0.2, -0.15) is 0 Å². The lowest BCUT2D eigenvalue weighted by Crippen LogP contribution is -2.30. The average molecular weight is 357 g/mol. The number of carbonyl (C=O) groups excluding carboxylic acids is 1. The van der Waals surface area contributed by atoms with Gasteiger partial charge in [0, 0.05) is 5.56 Å². The van der Waals surface area contributed by atoms with Gasteiger partial charge < -0.3 is 14.6 Å². The summed E-state index contributed by atoms with van der Waals surface area (Å²) >= 11 is 0. The fraction of sp³-hybridized carbons (Fsp3) is 0.263. The number of halogens is 2. The zero-order valence-electron chi connectivity index (χ0n) is 13.9. The summed E-state index contributed by atoms with van der Waals surface area (Å²) in [6.45, 7) is 0.247. The first-order valence-corrected chi connectivity index (χ1v) is 8.34. The molecule has 4 rings (SSSR count). The molecule has 1 fully saturated rings. The van der Waals surface area contributed by atoms with E-state index in [2.05, 4.69) is 9.97 Å². The molecule has 3 aromatic rings. The molecule has 1 aliphatic heterocycles. The van der Waals surface area contributed by atoms with E-state index in [-0.39, 0.29) is 25.6 Å². The first-order chi connectivity index (χ1) is 12.6. The highest BCUT2D eigenvalue weighted by molar-refractivity contribution is 5.94. The predicted octanol–water partition coefficient (Wildman–Crippen LogP) is 3.08. The van der Waals surface area contributed by atoms with Crippen LogP contribution in [-0.2, 0) is 11.3 Å². The second-order valence-corrected chi connectivity index (χ2v) is 6.28. The number of alkyl halides is 1. The molecule has 2 aromatic carbocycles. The Balaban J connectivity index is 1.39. The molecule has 1 aromatic heterocycles. The second kappa shape index (κ2) is 6.84. The highest BCUT2D eigenvalue weighted by Gasteiger charge is 2.36. The number of benzene rings is 2. The average Bonchev–Trinajstić information content (AvgIpc) is 3.23. The van der Waals surface area contributed by atoms with Gasteiger partial charge in [0.05, 0.1) is 24.1 Å². The molecule has 5 nitrogen and oxygen atoms in total. The van der Waals surface area contributed by atoms with Gasteiger partial charge in [-0.05, 0) is 36.4 Å². The van der Waals surface area contributed by atoms with Crippen LogP contribution in [0.3, 0.4) is 0 Å². The van der Waals surface area contributed by atoms with Gasteiger partial charge in [-0.15, -0.1) is 0 Å². The molecular weight excluding hydrogens is 340 g/mol. The normalized spacial score (nSPS) is 20.0. The number of aromatic amines is 1. The van der Waals surface area contributed by atoms with Gasteiger partial charge in [0.1, 0.15) is 30.5 Å². The van der Waals surface area contributed by atoms with Crippen LogP contribution < -0.4 is 0 Å². The number of nitrogens with one attached hydrogen (secondary N) is 1. The molecule has 134 valence electrons. The molecule has 1 N–H and O–H groups in total. The van der Waals surface area contributed by atoms with E-state index in [9.17, 15) is 13.6 Å². The van der Waals surface area contributed by atoms with Crippen LogP contribution in [0.1, 0.15) is 16.2 Å². The third-order valence-electron chi connectivity index (χ3n) is 4.45. The largest absolute Gasteiger partial charge is 0.365 e. The van der Waals surface area contributed by atoms with E-state index in [4.69, 9.17) is 4.74 Å². The maximum Gasteiger partial charge on any atom is 0.254 e. The smallest absolute Gasteiger partial charge is 0.254 e. The number of carbonyl (C=O) groups is 1. The van der Waals surface area contributed by atoms with E-state index < -0.39 is 18.1 Å². The van der Waals surface area contributed by atoms with Crippen molar-refractivity contribution in [3.63, 3.8) is 0 Å². The number of hydrogen-bond acceptors (Lipinski definition) is 3. The number of hydrogen-bond donors (Lipinski definition) is 1. The number of H-pyrrole nitrogens is 1. The summed E-state index contributed by atoms with van der Waals surface area (Å²) in [6.07, 6.45) is -1.99. The zero-order chi connectivity index (χ0) is 18.1. The maximum absolute atomic E-state index is 14.3. The molecule has 26 heavy (non-hydrogen) atoms. The van der Waals surface area contributed by atoms with Crippen molar-refractivity contribution in [2.75, 3.05) is 13.1 Å². The fourth-order valence-corrected chi connectivity index (χ4v) is 3.09. The lowest BCUT2D eigenvalue weighted by atomic mass is 10.2. The zero-order valence-corrected chi connectivity index (χ0v) is 13.9. The summed E-state index contributed by atoms with van der Waals surface area (Å²) in [7, 11) is 0. The van der Waals surface area contributed by atoms with Crippen LogP contribution in [0.5, 0.6) is 0 Å². The van der Waals surface area contributed by atoms with E-state index in [1.807, 2.05) is 24.3 Å². The number of rotatable bonds is 4. The molecule has 1 saturated heterocycles. The SMILES string of the molecule is O=C(c1ccc(F)cc1)N1C[C@@H](F)[C@@H](OCc2nc3ccccc3[nH]2)C1. The molecule has 2 heterocycles. The van der Waals surface area contributed by atoms with E-state index in [1.54, 1.807) is 0 Å². The standard InChI is InChI=1S/C19H17F2N3O2/c20-13-7-5-12(6-8-13)19(25)24-9-14(21)17(10-24)26-11-18-22-15-3-1-2-4-16(15)23-18/h1-8,14,17H,9-11H2,(H,22,23)/t14-,17+/m1/s1. The first kappa shape index (κ1) is 16.7. The van der Waals surface area contributed by atoms with Gasteiger partial charge in [-0.1, -0.05) is 12.1 Å². The number of ether oxygens (including phenoxy) is 1. The number of amides is 1. The Bertz CT molecular complexity index is 893. The van der Waals surface area contributed by atoms with E-state index >= 15 is 0 Å². The van der Waals surface area contributed by atoms with Crippen molar-refractivity contribution in [1.82, 2.24) is 14.9 Å². The molecule has 0 bridgehead atoms. The minimum absolute atomic E-state index is 0.0407. The predicted molar refractivity (Wildman–Crippen MR) is 91.9 cm³/mol. The number of para-hydroxylation sites is 2. The second-order valence-electron chi connectivity index (χ2n) is 6.28. The van der Waals surface area contributed by atoms with Crippen LogP contribution in [0.4, 0.5) is 8.78 Å². The van der Waals surface area contributed by atoms with Crippen molar-refractivity contribution >= 4 is 16.9 Å². The Hall–Kier alpha value is -2.80. The summed E-state index contributed by atoms with van der Waals surface area (Å²) in [5, 5.41) is 0. The van der Waals surface area contributed by atoms with Crippen molar-refractivity contribution in [3.8, 4) is 0 Å². The molecule has 0 radical (unpaired) electrons. The summed E-state index contributed by atoms with van der Waals surface area (Å²) in [6, 6.07) is 12.8. The van der Waals surface area contributed by atoms with Crippen LogP contribution in [-0.4, -0.2) is 46.1 Å². The molecule has 0 aliphatic carbocycles. The van der Waals surface area contributed by atoms with Crippen LogP contribution in [0, 0.1) is 5.82 Å². The third kappa shape index (κ3) is 3.30. The van der Waals surface area contributed by atoms with E-state index in [1.165, 1.54) is 29.2 Å². The number of likely N-dealkylation sites (tertiary alicyclic amines) is 1. The Morgan fingerprint density at radius 2 is 1.96 bits per heavy atom.